The molecular formula is C25H18Cl2N2O2S. The number of fused-ring (bicyclic) bond motifs is 2. The van der Waals surface area contributed by atoms with Crippen molar-refractivity contribution in [1.29, 1.82) is 0 Å². The second-order valence-electron chi connectivity index (χ2n) is 7.79. The minimum Gasteiger partial charge on any atom is -0.436 e. The molecule has 3 aromatic carbocycles. The summed E-state index contributed by atoms with van der Waals surface area (Å²) in [5, 5.41) is 4.84. The molecule has 0 saturated heterocycles. The normalized spacial score (nSPS) is 11.4. The molecule has 4 nitrogen and oxygen atoms in total. The van der Waals surface area contributed by atoms with E-state index in [1.54, 1.807) is 6.07 Å². The number of nitrogens with zero attached hydrogens (tertiary/aromatic N) is 1. The molecule has 0 aliphatic heterocycles. The van der Waals surface area contributed by atoms with Crippen LogP contribution in [0.3, 0.4) is 0 Å². The lowest BCUT2D eigenvalue weighted by Gasteiger charge is -2.09. The molecular weight excluding hydrogens is 463 g/mol. The second kappa shape index (κ2) is 7.93. The maximum absolute atomic E-state index is 13.0. The number of halogens is 2. The van der Waals surface area contributed by atoms with Crippen molar-refractivity contribution in [2.24, 2.45) is 0 Å². The van der Waals surface area contributed by atoms with E-state index in [4.69, 9.17) is 27.6 Å². The molecule has 2 aromatic heterocycles. The molecule has 0 saturated carbocycles. The van der Waals surface area contributed by atoms with Crippen LogP contribution >= 0.6 is 34.5 Å². The van der Waals surface area contributed by atoms with Gasteiger partial charge in [0.05, 0.1) is 5.02 Å². The summed E-state index contributed by atoms with van der Waals surface area (Å²) >= 11 is 13.9. The van der Waals surface area contributed by atoms with E-state index in [0.29, 0.717) is 26.5 Å². The molecule has 0 unspecified atom stereocenters. The Hall–Kier alpha value is -2.86. The summed E-state index contributed by atoms with van der Waals surface area (Å²) in [6.07, 6.45) is 0. The van der Waals surface area contributed by atoms with E-state index >= 15 is 0 Å². The molecule has 0 radical (unpaired) electrons. The Kier molecular flexibility index (Phi) is 5.20. The smallest absolute Gasteiger partial charge is 0.267 e. The molecule has 1 amide bonds. The standard InChI is InChI=1S/C25H18Cl2N2O2S/c1-12-4-5-15(25-29-19-8-13(2)14(3)9-20(19)31-25)10-18(12)28-24(30)23-22(27)17-7-6-16(26)11-21(17)32-23/h4-11H,1-3H3,(H,28,30). The predicted molar refractivity (Wildman–Crippen MR) is 133 cm³/mol. The zero-order valence-electron chi connectivity index (χ0n) is 17.5. The number of hydrogen-bond acceptors (Lipinski definition) is 4. The second-order valence-corrected chi connectivity index (χ2v) is 9.66. The molecule has 0 fully saturated rings. The fourth-order valence-electron chi connectivity index (χ4n) is 3.56. The van der Waals surface area contributed by atoms with Crippen molar-refractivity contribution in [1.82, 2.24) is 4.98 Å². The summed E-state index contributed by atoms with van der Waals surface area (Å²) in [7, 11) is 0. The maximum Gasteiger partial charge on any atom is 0.267 e. The first-order valence-corrected chi connectivity index (χ1v) is 11.5. The summed E-state index contributed by atoms with van der Waals surface area (Å²) in [5.41, 5.74) is 6.25. The van der Waals surface area contributed by atoms with E-state index in [2.05, 4.69) is 17.2 Å². The zero-order valence-corrected chi connectivity index (χ0v) is 19.9. The first-order chi connectivity index (χ1) is 15.3. The molecule has 0 aliphatic carbocycles. The molecule has 0 aliphatic rings. The number of thiophene rings is 1. The number of anilines is 1. The van der Waals surface area contributed by atoms with E-state index in [9.17, 15) is 4.79 Å². The van der Waals surface area contributed by atoms with E-state index in [0.717, 1.165) is 43.4 Å². The molecule has 0 bridgehead atoms. The Morgan fingerprint density at radius 1 is 0.969 bits per heavy atom. The van der Waals surface area contributed by atoms with Gasteiger partial charge in [-0.05, 0) is 73.9 Å². The lowest BCUT2D eigenvalue weighted by atomic mass is 10.1. The van der Waals surface area contributed by atoms with Gasteiger partial charge < -0.3 is 9.73 Å². The lowest BCUT2D eigenvalue weighted by molar-refractivity contribution is 0.103. The number of amides is 1. The summed E-state index contributed by atoms with van der Waals surface area (Å²) in [4.78, 5) is 18.1. The number of oxazole rings is 1. The van der Waals surface area contributed by atoms with Crippen molar-refractivity contribution < 1.29 is 9.21 Å². The summed E-state index contributed by atoms with van der Waals surface area (Å²) in [5.74, 6) is 0.242. The first-order valence-electron chi connectivity index (χ1n) is 9.98. The Morgan fingerprint density at radius 2 is 1.75 bits per heavy atom. The van der Waals surface area contributed by atoms with Crippen LogP contribution in [0.4, 0.5) is 5.69 Å². The van der Waals surface area contributed by atoms with Crippen LogP contribution in [0.5, 0.6) is 0 Å². The van der Waals surface area contributed by atoms with Crippen molar-refractivity contribution in [3.8, 4) is 11.5 Å². The fraction of sp³-hybridized carbons (Fsp3) is 0.120. The van der Waals surface area contributed by atoms with Gasteiger partial charge >= 0.3 is 0 Å². The van der Waals surface area contributed by atoms with Crippen molar-refractivity contribution >= 4 is 67.3 Å². The van der Waals surface area contributed by atoms with Crippen molar-refractivity contribution in [3.63, 3.8) is 0 Å². The van der Waals surface area contributed by atoms with Gasteiger partial charge in [0.1, 0.15) is 10.4 Å². The Labute approximate surface area is 198 Å². The van der Waals surface area contributed by atoms with E-state index in [1.165, 1.54) is 11.3 Å². The Bertz CT molecular complexity index is 1500. The summed E-state index contributed by atoms with van der Waals surface area (Å²) < 4.78 is 6.86. The van der Waals surface area contributed by atoms with Crippen LogP contribution in [0.15, 0.2) is 52.9 Å². The zero-order chi connectivity index (χ0) is 22.6. The van der Waals surface area contributed by atoms with Crippen LogP contribution in [0, 0.1) is 20.8 Å². The van der Waals surface area contributed by atoms with Gasteiger partial charge in [-0.2, -0.15) is 0 Å². The fourth-order valence-corrected chi connectivity index (χ4v) is 5.25. The number of aromatic nitrogens is 1. The SMILES string of the molecule is Cc1cc2nc(-c3ccc(C)c(NC(=O)c4sc5cc(Cl)ccc5c4Cl)c3)oc2cc1C. The van der Waals surface area contributed by atoms with Crippen LogP contribution in [0.2, 0.25) is 10.0 Å². The van der Waals surface area contributed by atoms with Crippen LogP contribution < -0.4 is 5.32 Å². The molecule has 5 aromatic rings. The Morgan fingerprint density at radius 3 is 2.56 bits per heavy atom. The van der Waals surface area contributed by atoms with E-state index in [1.807, 2.05) is 56.3 Å². The number of nitrogens with one attached hydrogen (secondary N) is 1. The molecule has 7 heteroatoms. The molecule has 0 spiro atoms. The van der Waals surface area contributed by atoms with Gasteiger partial charge in [-0.15, -0.1) is 11.3 Å². The number of carbonyl (C=O) groups is 1. The molecule has 0 atom stereocenters. The monoisotopic (exact) mass is 480 g/mol. The van der Waals surface area contributed by atoms with E-state index in [-0.39, 0.29) is 5.91 Å². The van der Waals surface area contributed by atoms with Crippen LogP contribution in [0.25, 0.3) is 32.6 Å². The predicted octanol–water partition coefficient (Wildman–Crippen LogP) is 8.19. The highest BCUT2D eigenvalue weighted by Gasteiger charge is 2.19. The van der Waals surface area contributed by atoms with Gasteiger partial charge in [0, 0.05) is 26.4 Å². The highest BCUT2D eigenvalue weighted by Crippen LogP contribution is 2.37. The average molecular weight is 481 g/mol. The number of benzene rings is 3. The highest BCUT2D eigenvalue weighted by molar-refractivity contribution is 7.21. The molecule has 5 rings (SSSR count). The van der Waals surface area contributed by atoms with Gasteiger partial charge in [0.15, 0.2) is 5.58 Å². The van der Waals surface area contributed by atoms with Crippen LogP contribution in [-0.4, -0.2) is 10.9 Å². The number of hydrogen-bond donors (Lipinski definition) is 1. The van der Waals surface area contributed by atoms with Crippen LogP contribution in [0.1, 0.15) is 26.4 Å². The van der Waals surface area contributed by atoms with Gasteiger partial charge in [-0.25, -0.2) is 4.98 Å². The minimum absolute atomic E-state index is 0.267. The van der Waals surface area contributed by atoms with Crippen molar-refractivity contribution in [3.05, 3.63) is 80.1 Å². The summed E-state index contributed by atoms with van der Waals surface area (Å²) in [6.45, 7) is 6.03. The largest absolute Gasteiger partial charge is 0.436 e. The summed E-state index contributed by atoms with van der Waals surface area (Å²) in [6, 6.07) is 15.2. The van der Waals surface area contributed by atoms with Crippen molar-refractivity contribution in [2.75, 3.05) is 5.32 Å². The van der Waals surface area contributed by atoms with Gasteiger partial charge in [-0.3, -0.25) is 4.79 Å². The third-order valence-corrected chi connectivity index (χ3v) is 7.43. The maximum atomic E-state index is 13.0. The third kappa shape index (κ3) is 3.66. The van der Waals surface area contributed by atoms with Gasteiger partial charge in [0.2, 0.25) is 5.89 Å². The van der Waals surface area contributed by atoms with E-state index < -0.39 is 0 Å². The first kappa shape index (κ1) is 21.0. The van der Waals surface area contributed by atoms with Crippen LogP contribution in [-0.2, 0) is 0 Å². The average Bonchev–Trinajstić information content (AvgIpc) is 3.30. The quantitative estimate of drug-likeness (QED) is 0.283. The number of rotatable bonds is 3. The molecule has 2 heterocycles. The third-order valence-electron chi connectivity index (χ3n) is 5.53. The number of aryl methyl sites for hydroxylation is 3. The molecule has 160 valence electrons. The molecule has 32 heavy (non-hydrogen) atoms. The van der Waals surface area contributed by atoms with Crippen molar-refractivity contribution in [2.45, 2.75) is 20.8 Å². The highest BCUT2D eigenvalue weighted by atomic mass is 35.5. The Balaban J connectivity index is 1.49. The number of carbonyl (C=O) groups excluding carboxylic acids is 1. The molecule has 1 N–H and O–H groups in total. The van der Waals surface area contributed by atoms with Gasteiger partial charge in [0.25, 0.3) is 5.91 Å². The minimum atomic E-state index is -0.267. The lowest BCUT2D eigenvalue weighted by Crippen LogP contribution is -2.11. The van der Waals surface area contributed by atoms with Gasteiger partial charge in [-0.1, -0.05) is 35.3 Å². The topological polar surface area (TPSA) is 55.1 Å².